The molecule has 0 spiro atoms. The van der Waals surface area contributed by atoms with E-state index in [4.69, 9.17) is 10.00 Å². The molecule has 0 bridgehead atoms. The van der Waals surface area contributed by atoms with Crippen molar-refractivity contribution in [3.05, 3.63) is 34.4 Å². The molecule has 1 aliphatic heterocycles. The van der Waals surface area contributed by atoms with Crippen molar-refractivity contribution in [3.63, 3.8) is 0 Å². The number of hydrogen-bond donors (Lipinski definition) is 1. The van der Waals surface area contributed by atoms with Crippen LogP contribution >= 0.6 is 0 Å². The third-order valence-corrected chi connectivity index (χ3v) is 3.85. The van der Waals surface area contributed by atoms with Gasteiger partial charge in [-0.25, -0.2) is 0 Å². The molecular weight excluding hydrogens is 236 g/mol. The molecule has 102 valence electrons. The summed E-state index contributed by atoms with van der Waals surface area (Å²) < 4.78 is 5.13. The van der Waals surface area contributed by atoms with Crippen LogP contribution in [0.25, 0.3) is 0 Å². The first kappa shape index (κ1) is 14.0. The Morgan fingerprint density at radius 3 is 2.37 bits per heavy atom. The smallest absolute Gasteiger partial charge is 0.116 e. The summed E-state index contributed by atoms with van der Waals surface area (Å²) in [5.74, 6) is 0. The van der Waals surface area contributed by atoms with Crippen LogP contribution in [0.3, 0.4) is 0 Å². The molecule has 3 nitrogen and oxygen atoms in total. The maximum absolute atomic E-state index is 9.10. The number of rotatable bonds is 5. The Morgan fingerprint density at radius 2 is 1.89 bits per heavy atom. The van der Waals surface area contributed by atoms with Gasteiger partial charge >= 0.3 is 0 Å². The highest BCUT2D eigenvalue weighted by molar-refractivity contribution is 5.37. The lowest BCUT2D eigenvalue weighted by Crippen LogP contribution is -2.48. The van der Waals surface area contributed by atoms with Crippen LogP contribution in [-0.2, 0) is 11.2 Å². The fourth-order valence-electron chi connectivity index (χ4n) is 2.70. The molecule has 0 unspecified atom stereocenters. The highest BCUT2D eigenvalue weighted by atomic mass is 16.5. The quantitative estimate of drug-likeness (QED) is 0.824. The fourth-order valence-corrected chi connectivity index (χ4v) is 2.70. The van der Waals surface area contributed by atoms with Gasteiger partial charge in [0.2, 0.25) is 0 Å². The monoisotopic (exact) mass is 258 g/mol. The van der Waals surface area contributed by atoms with Crippen LogP contribution in [0.1, 0.15) is 22.3 Å². The molecule has 0 saturated carbocycles. The van der Waals surface area contributed by atoms with Crippen LogP contribution in [0.2, 0.25) is 0 Å². The zero-order chi connectivity index (χ0) is 13.9. The van der Waals surface area contributed by atoms with Gasteiger partial charge in [0.25, 0.3) is 0 Å². The van der Waals surface area contributed by atoms with Gasteiger partial charge in [-0.1, -0.05) is 17.7 Å². The largest absolute Gasteiger partial charge is 0.378 e. The van der Waals surface area contributed by atoms with Crippen molar-refractivity contribution >= 4 is 0 Å². The lowest BCUT2D eigenvalue weighted by Gasteiger charge is -2.35. The van der Waals surface area contributed by atoms with Crippen molar-refractivity contribution in [1.29, 1.82) is 5.26 Å². The van der Waals surface area contributed by atoms with Gasteiger partial charge in [-0.15, -0.1) is 0 Å². The van der Waals surface area contributed by atoms with E-state index in [9.17, 15) is 0 Å². The van der Waals surface area contributed by atoms with Crippen LogP contribution in [0.5, 0.6) is 0 Å². The molecule has 0 radical (unpaired) electrons. The molecule has 0 aromatic heterocycles. The van der Waals surface area contributed by atoms with Crippen molar-refractivity contribution in [1.82, 2.24) is 5.32 Å². The Labute approximate surface area is 115 Å². The lowest BCUT2D eigenvalue weighted by atomic mass is 9.88. The van der Waals surface area contributed by atoms with Crippen molar-refractivity contribution in [2.45, 2.75) is 27.2 Å². The van der Waals surface area contributed by atoms with E-state index >= 15 is 0 Å². The van der Waals surface area contributed by atoms with E-state index in [1.165, 1.54) is 22.3 Å². The Hall–Kier alpha value is -1.37. The zero-order valence-corrected chi connectivity index (χ0v) is 12.0. The highest BCUT2D eigenvalue weighted by Gasteiger charge is 2.38. The number of nitrogens with zero attached hydrogens (tertiary/aromatic N) is 1. The molecule has 2 rings (SSSR count). The molecule has 1 N–H and O–H groups in total. The second-order valence-corrected chi connectivity index (χ2v) is 5.69. The summed E-state index contributed by atoms with van der Waals surface area (Å²) in [5.41, 5.74) is 5.19. The molecule has 0 atom stereocenters. The number of benzene rings is 1. The van der Waals surface area contributed by atoms with Gasteiger partial charge in [0.1, 0.15) is 5.41 Å². The van der Waals surface area contributed by atoms with Crippen molar-refractivity contribution in [2.75, 3.05) is 26.3 Å². The van der Waals surface area contributed by atoms with Crippen LogP contribution < -0.4 is 5.32 Å². The topological polar surface area (TPSA) is 45.0 Å². The average Bonchev–Trinajstić information content (AvgIpc) is 2.29. The second-order valence-electron chi connectivity index (χ2n) is 5.69. The van der Waals surface area contributed by atoms with Gasteiger partial charge in [0.15, 0.2) is 0 Å². The SMILES string of the molecule is Cc1cc(C)c(CCNCC2(C#N)COC2)c(C)c1. The zero-order valence-electron chi connectivity index (χ0n) is 12.0. The normalized spacial score (nSPS) is 16.7. The summed E-state index contributed by atoms with van der Waals surface area (Å²) in [5, 5.41) is 12.5. The third-order valence-electron chi connectivity index (χ3n) is 3.85. The number of nitriles is 1. The molecule has 1 aliphatic rings. The molecule has 1 aromatic rings. The van der Waals surface area contributed by atoms with E-state index in [2.05, 4.69) is 44.3 Å². The Balaban J connectivity index is 1.85. The molecule has 0 aliphatic carbocycles. The summed E-state index contributed by atoms with van der Waals surface area (Å²) in [6, 6.07) is 6.83. The van der Waals surface area contributed by atoms with Gasteiger partial charge in [0.05, 0.1) is 19.3 Å². The summed E-state index contributed by atoms with van der Waals surface area (Å²) >= 11 is 0. The average molecular weight is 258 g/mol. The molecule has 3 heteroatoms. The molecule has 0 amide bonds. The molecular formula is C16H22N2O. The van der Waals surface area contributed by atoms with E-state index in [-0.39, 0.29) is 5.41 Å². The van der Waals surface area contributed by atoms with E-state index in [0.717, 1.165) is 19.5 Å². The Morgan fingerprint density at radius 1 is 1.26 bits per heavy atom. The summed E-state index contributed by atoms with van der Waals surface area (Å²) in [6.45, 7) is 9.26. The Kier molecular flexibility index (Phi) is 4.24. The van der Waals surface area contributed by atoms with Crippen molar-refractivity contribution in [3.8, 4) is 6.07 Å². The van der Waals surface area contributed by atoms with Crippen molar-refractivity contribution in [2.24, 2.45) is 5.41 Å². The van der Waals surface area contributed by atoms with E-state index in [1.54, 1.807) is 0 Å². The molecule has 1 heterocycles. The standard InChI is InChI=1S/C16H22N2O/c1-12-6-13(2)15(14(3)7-12)4-5-18-9-16(8-17)10-19-11-16/h6-7,18H,4-5,9-11H2,1-3H3. The Bertz CT molecular complexity index is 475. The molecule has 1 aromatic carbocycles. The number of nitrogens with one attached hydrogen (secondary N) is 1. The van der Waals surface area contributed by atoms with Crippen LogP contribution in [0, 0.1) is 37.5 Å². The molecule has 1 fully saturated rings. The highest BCUT2D eigenvalue weighted by Crippen LogP contribution is 2.25. The summed E-state index contributed by atoms with van der Waals surface area (Å²) in [4.78, 5) is 0. The van der Waals surface area contributed by atoms with Gasteiger partial charge in [-0.3, -0.25) is 0 Å². The van der Waals surface area contributed by atoms with Crippen LogP contribution in [-0.4, -0.2) is 26.3 Å². The minimum absolute atomic E-state index is 0.280. The second kappa shape index (κ2) is 5.73. The first-order chi connectivity index (χ1) is 9.06. The predicted molar refractivity (Wildman–Crippen MR) is 76.1 cm³/mol. The minimum Gasteiger partial charge on any atom is -0.378 e. The first-order valence-electron chi connectivity index (χ1n) is 6.83. The number of hydrogen-bond acceptors (Lipinski definition) is 3. The van der Waals surface area contributed by atoms with Crippen LogP contribution in [0.4, 0.5) is 0 Å². The fraction of sp³-hybridized carbons (Fsp3) is 0.562. The maximum Gasteiger partial charge on any atom is 0.116 e. The van der Waals surface area contributed by atoms with Gasteiger partial charge in [-0.05, 0) is 50.4 Å². The molecule has 1 saturated heterocycles. The summed E-state index contributed by atoms with van der Waals surface area (Å²) in [6.07, 6.45) is 1.01. The van der Waals surface area contributed by atoms with Crippen molar-refractivity contribution < 1.29 is 4.74 Å². The maximum atomic E-state index is 9.10. The van der Waals surface area contributed by atoms with E-state index < -0.39 is 0 Å². The van der Waals surface area contributed by atoms with E-state index in [1.807, 2.05) is 0 Å². The van der Waals surface area contributed by atoms with Gasteiger partial charge in [0, 0.05) is 6.54 Å². The lowest BCUT2D eigenvalue weighted by molar-refractivity contribution is -0.0752. The third kappa shape index (κ3) is 3.15. The number of ether oxygens (including phenoxy) is 1. The van der Waals surface area contributed by atoms with Gasteiger partial charge in [-0.2, -0.15) is 5.26 Å². The predicted octanol–water partition coefficient (Wildman–Crippen LogP) is 2.28. The van der Waals surface area contributed by atoms with E-state index in [0.29, 0.717) is 13.2 Å². The minimum atomic E-state index is -0.280. The van der Waals surface area contributed by atoms with Gasteiger partial charge < -0.3 is 10.1 Å². The summed E-state index contributed by atoms with van der Waals surface area (Å²) in [7, 11) is 0. The first-order valence-corrected chi connectivity index (χ1v) is 6.83. The number of aryl methyl sites for hydroxylation is 3. The molecule has 19 heavy (non-hydrogen) atoms. The van der Waals surface area contributed by atoms with Crippen LogP contribution in [0.15, 0.2) is 12.1 Å².